The van der Waals surface area contributed by atoms with Crippen molar-refractivity contribution in [3.8, 4) is 0 Å². The molecule has 1 atom stereocenters. The van der Waals surface area contributed by atoms with Gasteiger partial charge in [-0.15, -0.1) is 0 Å². The van der Waals surface area contributed by atoms with Crippen molar-refractivity contribution in [3.63, 3.8) is 0 Å². The average Bonchev–Trinajstić information content (AvgIpc) is 2.31. The molecule has 1 rings (SSSR count). The van der Waals surface area contributed by atoms with Gasteiger partial charge >= 0.3 is 11.1 Å². The number of aromatic nitrogens is 3. The van der Waals surface area contributed by atoms with Crippen molar-refractivity contribution in [2.24, 2.45) is 12.9 Å². The third kappa shape index (κ3) is 3.17. The van der Waals surface area contributed by atoms with Crippen LogP contribution in [0.2, 0.25) is 0 Å². The molecule has 1 unspecified atom stereocenters. The summed E-state index contributed by atoms with van der Waals surface area (Å²) < 4.78 is 1.29. The van der Waals surface area contributed by atoms with E-state index in [9.17, 15) is 14.4 Å². The zero-order chi connectivity index (χ0) is 13.0. The van der Waals surface area contributed by atoms with E-state index >= 15 is 0 Å². The number of hydrogen-bond acceptors (Lipinski definition) is 6. The fraction of sp³-hybridized carbons (Fsp3) is 0.500. The Morgan fingerprint density at radius 1 is 1.65 bits per heavy atom. The number of nitrogens with one attached hydrogen (secondary N) is 2. The van der Waals surface area contributed by atoms with Crippen LogP contribution in [0.3, 0.4) is 0 Å². The van der Waals surface area contributed by atoms with Gasteiger partial charge in [0.15, 0.2) is 5.16 Å². The van der Waals surface area contributed by atoms with Crippen molar-refractivity contribution in [2.45, 2.75) is 23.8 Å². The molecule has 17 heavy (non-hydrogen) atoms. The first-order chi connectivity index (χ1) is 7.99. The number of hydrazine groups is 1. The minimum absolute atomic E-state index is 0.255. The van der Waals surface area contributed by atoms with E-state index in [-0.39, 0.29) is 11.1 Å². The van der Waals surface area contributed by atoms with Crippen LogP contribution in [0.25, 0.3) is 0 Å². The second kappa shape index (κ2) is 5.64. The van der Waals surface area contributed by atoms with Crippen LogP contribution in [0, 0.1) is 0 Å². The monoisotopic (exact) mass is 259 g/mol. The standard InChI is InChI=1S/C8H13N5O3S/c1-3-4(5(14)11-9)17-8-10-6(15)7(16)12-13(8)2/h4H,3,9H2,1-2H3,(H,11,14)(H,12,16). The number of nitrogens with zero attached hydrogens (tertiary/aromatic N) is 2. The molecule has 0 saturated carbocycles. The quantitative estimate of drug-likeness (QED) is 0.195. The van der Waals surface area contributed by atoms with Crippen LogP contribution in [0.4, 0.5) is 0 Å². The maximum atomic E-state index is 11.4. The molecule has 94 valence electrons. The molecule has 0 fully saturated rings. The summed E-state index contributed by atoms with van der Waals surface area (Å²) in [5.74, 6) is 4.67. The molecule has 4 N–H and O–H groups in total. The van der Waals surface area contributed by atoms with Gasteiger partial charge in [-0.3, -0.25) is 29.6 Å². The van der Waals surface area contributed by atoms with Crippen LogP contribution in [-0.2, 0) is 11.8 Å². The number of hydrogen-bond donors (Lipinski definition) is 3. The Kier molecular flexibility index (Phi) is 4.46. The molecule has 1 heterocycles. The van der Waals surface area contributed by atoms with E-state index in [2.05, 4.69) is 10.1 Å². The highest BCUT2D eigenvalue weighted by molar-refractivity contribution is 8.00. The molecule has 0 aliphatic rings. The van der Waals surface area contributed by atoms with Gasteiger partial charge in [-0.1, -0.05) is 18.7 Å². The molecular weight excluding hydrogens is 246 g/mol. The Balaban J connectivity index is 3.02. The lowest BCUT2D eigenvalue weighted by atomic mass is 10.3. The van der Waals surface area contributed by atoms with E-state index in [4.69, 9.17) is 5.84 Å². The number of thioether (sulfide) groups is 1. The lowest BCUT2D eigenvalue weighted by molar-refractivity contribution is -0.120. The van der Waals surface area contributed by atoms with Crippen LogP contribution < -0.4 is 22.4 Å². The molecule has 1 aromatic rings. The normalized spacial score (nSPS) is 12.2. The summed E-state index contributed by atoms with van der Waals surface area (Å²) in [7, 11) is 1.53. The van der Waals surface area contributed by atoms with Gasteiger partial charge in [0, 0.05) is 7.05 Å². The second-order valence-corrected chi connectivity index (χ2v) is 4.39. The number of rotatable bonds is 4. The highest BCUT2D eigenvalue weighted by atomic mass is 32.2. The van der Waals surface area contributed by atoms with Gasteiger partial charge in [-0.2, -0.15) is 4.98 Å². The van der Waals surface area contributed by atoms with Crippen molar-refractivity contribution in [2.75, 3.05) is 0 Å². The third-order valence-electron chi connectivity index (χ3n) is 2.00. The first-order valence-electron chi connectivity index (χ1n) is 4.84. The molecule has 1 amide bonds. The van der Waals surface area contributed by atoms with Crippen LogP contribution in [0.1, 0.15) is 13.3 Å². The Hall–Kier alpha value is -1.61. The van der Waals surface area contributed by atoms with Crippen LogP contribution in [0.5, 0.6) is 0 Å². The van der Waals surface area contributed by atoms with E-state index in [0.29, 0.717) is 6.42 Å². The molecule has 0 aliphatic carbocycles. The van der Waals surface area contributed by atoms with E-state index in [1.807, 2.05) is 5.43 Å². The topological polar surface area (TPSA) is 123 Å². The fourth-order valence-corrected chi connectivity index (χ4v) is 2.04. The lowest BCUT2D eigenvalue weighted by Crippen LogP contribution is -2.38. The number of carbonyl (C=O) groups is 1. The van der Waals surface area contributed by atoms with E-state index in [1.165, 1.54) is 11.7 Å². The number of H-pyrrole nitrogens is 1. The summed E-state index contributed by atoms with van der Waals surface area (Å²) in [6.45, 7) is 1.80. The molecule has 1 aromatic heterocycles. The average molecular weight is 259 g/mol. The number of aromatic amines is 1. The zero-order valence-corrected chi connectivity index (χ0v) is 10.2. The largest absolute Gasteiger partial charge is 0.339 e. The van der Waals surface area contributed by atoms with Gasteiger partial charge in [0.1, 0.15) is 0 Å². The summed E-state index contributed by atoms with van der Waals surface area (Å²) in [6, 6.07) is 0. The van der Waals surface area contributed by atoms with Gasteiger partial charge in [-0.25, -0.2) is 5.84 Å². The lowest BCUT2D eigenvalue weighted by Gasteiger charge is -2.13. The Bertz CT molecular complexity index is 523. The third-order valence-corrected chi connectivity index (χ3v) is 3.41. The smallest absolute Gasteiger partial charge is 0.293 e. The van der Waals surface area contributed by atoms with Crippen molar-refractivity contribution in [1.29, 1.82) is 0 Å². The van der Waals surface area contributed by atoms with Crippen molar-refractivity contribution in [3.05, 3.63) is 20.7 Å². The predicted octanol–water partition coefficient (Wildman–Crippen LogP) is -1.67. The first kappa shape index (κ1) is 13.5. The van der Waals surface area contributed by atoms with Crippen LogP contribution in [0.15, 0.2) is 14.7 Å². The van der Waals surface area contributed by atoms with Crippen LogP contribution >= 0.6 is 11.8 Å². The molecule has 0 saturated heterocycles. The Morgan fingerprint density at radius 3 is 2.82 bits per heavy atom. The summed E-state index contributed by atoms with van der Waals surface area (Å²) in [6.07, 6.45) is 0.517. The molecule has 0 aromatic carbocycles. The maximum Gasteiger partial charge on any atom is 0.339 e. The van der Waals surface area contributed by atoms with Gasteiger partial charge < -0.3 is 0 Å². The zero-order valence-electron chi connectivity index (χ0n) is 9.39. The number of nitrogens with two attached hydrogens (primary N) is 1. The highest BCUT2D eigenvalue weighted by Crippen LogP contribution is 2.21. The second-order valence-electron chi connectivity index (χ2n) is 3.22. The highest BCUT2D eigenvalue weighted by Gasteiger charge is 2.19. The summed E-state index contributed by atoms with van der Waals surface area (Å²) >= 11 is 1.06. The number of amides is 1. The van der Waals surface area contributed by atoms with E-state index in [1.54, 1.807) is 6.92 Å². The van der Waals surface area contributed by atoms with Crippen LogP contribution in [-0.4, -0.2) is 25.9 Å². The summed E-state index contributed by atoms with van der Waals surface area (Å²) in [5, 5.41) is 2.08. The minimum atomic E-state index is -0.881. The SMILES string of the molecule is CCC(Sc1nc(=O)c(=O)[nH]n1C)C(=O)NN. The number of aryl methyl sites for hydroxylation is 1. The Morgan fingerprint density at radius 2 is 2.29 bits per heavy atom. The molecular formula is C8H13N5O3S. The first-order valence-corrected chi connectivity index (χ1v) is 5.72. The number of carbonyl (C=O) groups excluding carboxylic acids is 1. The summed E-state index contributed by atoms with van der Waals surface area (Å²) in [5.41, 5.74) is 0.356. The molecule has 0 bridgehead atoms. The molecule has 0 spiro atoms. The van der Waals surface area contributed by atoms with Gasteiger partial charge in [0.05, 0.1) is 5.25 Å². The fourth-order valence-electron chi connectivity index (χ4n) is 1.11. The van der Waals surface area contributed by atoms with Crippen molar-refractivity contribution < 1.29 is 4.79 Å². The van der Waals surface area contributed by atoms with Crippen molar-refractivity contribution >= 4 is 17.7 Å². The van der Waals surface area contributed by atoms with Gasteiger partial charge in [-0.05, 0) is 6.42 Å². The molecule has 0 radical (unpaired) electrons. The van der Waals surface area contributed by atoms with Gasteiger partial charge in [0.2, 0.25) is 5.91 Å². The Labute approximate surface area is 101 Å². The molecule has 9 heteroatoms. The van der Waals surface area contributed by atoms with Crippen molar-refractivity contribution in [1.82, 2.24) is 20.2 Å². The molecule has 0 aliphatic heterocycles. The predicted molar refractivity (Wildman–Crippen MR) is 62.4 cm³/mol. The summed E-state index contributed by atoms with van der Waals surface area (Å²) in [4.78, 5) is 37.0. The van der Waals surface area contributed by atoms with E-state index in [0.717, 1.165) is 11.8 Å². The van der Waals surface area contributed by atoms with Gasteiger partial charge in [0.25, 0.3) is 0 Å². The molecule has 8 nitrogen and oxygen atoms in total. The minimum Gasteiger partial charge on any atom is -0.293 e. The maximum absolute atomic E-state index is 11.4. The van der Waals surface area contributed by atoms with E-state index < -0.39 is 16.4 Å².